The highest BCUT2D eigenvalue weighted by Crippen LogP contribution is 2.23. The monoisotopic (exact) mass is 314 g/mol. The normalized spacial score (nSPS) is 11.6. The van der Waals surface area contributed by atoms with Crippen molar-refractivity contribution >= 4 is 27.7 Å². The molecular weight excluding hydrogens is 300 g/mol. The van der Waals surface area contributed by atoms with Crippen molar-refractivity contribution in [1.82, 2.24) is 10.6 Å². The summed E-state index contributed by atoms with van der Waals surface area (Å²) in [7, 11) is 3.01. The molecule has 0 fully saturated rings. The van der Waals surface area contributed by atoms with E-state index in [1.54, 1.807) is 25.1 Å². The molecule has 0 saturated heterocycles. The minimum atomic E-state index is -0.601. The van der Waals surface area contributed by atoms with Gasteiger partial charge in [-0.1, -0.05) is 15.9 Å². The molecule has 0 bridgehead atoms. The van der Waals surface area contributed by atoms with E-state index in [4.69, 9.17) is 4.74 Å². The Balaban J connectivity index is 2.87. The molecule has 1 aromatic rings. The molecule has 6 heteroatoms. The van der Waals surface area contributed by atoms with Crippen LogP contribution in [-0.2, 0) is 4.79 Å². The number of ether oxygens (including phenoxy) is 1. The minimum Gasteiger partial charge on any atom is -0.496 e. The van der Waals surface area contributed by atoms with Gasteiger partial charge >= 0.3 is 0 Å². The van der Waals surface area contributed by atoms with Crippen LogP contribution in [0, 0.1) is 0 Å². The maximum absolute atomic E-state index is 12.0. The van der Waals surface area contributed by atoms with Gasteiger partial charge in [0.05, 0.1) is 12.7 Å². The molecule has 1 aromatic carbocycles. The summed E-state index contributed by atoms with van der Waals surface area (Å²) in [6.07, 6.45) is 0. The highest BCUT2D eigenvalue weighted by atomic mass is 79.9. The Morgan fingerprint density at radius 2 is 2.06 bits per heavy atom. The summed E-state index contributed by atoms with van der Waals surface area (Å²) in [5.41, 5.74) is 0.386. The van der Waals surface area contributed by atoms with E-state index in [1.165, 1.54) is 14.2 Å². The number of hydrogen-bond acceptors (Lipinski definition) is 3. The molecule has 0 heterocycles. The summed E-state index contributed by atoms with van der Waals surface area (Å²) in [5, 5.41) is 5.06. The Bertz CT molecular complexity index is 463. The number of nitrogens with one attached hydrogen (secondary N) is 2. The molecule has 0 radical (unpaired) electrons. The smallest absolute Gasteiger partial charge is 0.255 e. The number of methoxy groups -OCH3 is 1. The second-order valence-corrected chi connectivity index (χ2v) is 4.57. The average Bonchev–Trinajstić information content (AvgIpc) is 2.37. The number of likely N-dealkylation sites (N-methyl/N-ethyl adjacent to an activating group) is 1. The first-order chi connectivity index (χ1) is 8.49. The first-order valence-corrected chi connectivity index (χ1v) is 6.15. The van der Waals surface area contributed by atoms with Gasteiger partial charge in [-0.25, -0.2) is 0 Å². The number of rotatable bonds is 4. The van der Waals surface area contributed by atoms with Crippen LogP contribution in [-0.4, -0.2) is 32.0 Å². The highest BCUT2D eigenvalue weighted by Gasteiger charge is 2.18. The van der Waals surface area contributed by atoms with E-state index in [0.717, 1.165) is 4.47 Å². The molecule has 98 valence electrons. The Labute approximate surface area is 114 Å². The van der Waals surface area contributed by atoms with E-state index in [1.807, 2.05) is 0 Å². The second kappa shape index (κ2) is 6.39. The van der Waals surface area contributed by atoms with E-state index >= 15 is 0 Å². The van der Waals surface area contributed by atoms with E-state index in [-0.39, 0.29) is 11.8 Å². The second-order valence-electron chi connectivity index (χ2n) is 3.65. The van der Waals surface area contributed by atoms with Gasteiger partial charge in [0.25, 0.3) is 5.91 Å². The highest BCUT2D eigenvalue weighted by molar-refractivity contribution is 9.10. The summed E-state index contributed by atoms with van der Waals surface area (Å²) in [5.74, 6) is -0.152. The van der Waals surface area contributed by atoms with Crippen molar-refractivity contribution < 1.29 is 14.3 Å². The molecule has 1 atom stereocenters. The molecule has 1 unspecified atom stereocenters. The number of benzene rings is 1. The van der Waals surface area contributed by atoms with Crippen molar-refractivity contribution in [1.29, 1.82) is 0 Å². The van der Waals surface area contributed by atoms with Crippen LogP contribution in [0.5, 0.6) is 5.75 Å². The molecule has 0 aliphatic carbocycles. The number of halogens is 1. The van der Waals surface area contributed by atoms with Crippen LogP contribution in [0.25, 0.3) is 0 Å². The fourth-order valence-electron chi connectivity index (χ4n) is 1.41. The lowest BCUT2D eigenvalue weighted by molar-refractivity contribution is -0.122. The van der Waals surface area contributed by atoms with E-state index in [9.17, 15) is 9.59 Å². The van der Waals surface area contributed by atoms with E-state index in [0.29, 0.717) is 11.3 Å². The number of carbonyl (C=O) groups is 2. The Hall–Kier alpha value is -1.56. The van der Waals surface area contributed by atoms with Crippen molar-refractivity contribution in [2.75, 3.05) is 14.2 Å². The largest absolute Gasteiger partial charge is 0.496 e. The molecule has 2 N–H and O–H groups in total. The molecule has 0 aromatic heterocycles. The van der Waals surface area contributed by atoms with Crippen molar-refractivity contribution in [3.8, 4) is 5.75 Å². The first-order valence-electron chi connectivity index (χ1n) is 5.35. The maximum atomic E-state index is 12.0. The molecule has 0 aliphatic heterocycles. The van der Waals surface area contributed by atoms with Gasteiger partial charge < -0.3 is 15.4 Å². The molecule has 18 heavy (non-hydrogen) atoms. The fourth-order valence-corrected chi connectivity index (χ4v) is 1.75. The topological polar surface area (TPSA) is 67.4 Å². The quantitative estimate of drug-likeness (QED) is 0.881. The third-order valence-electron chi connectivity index (χ3n) is 2.40. The van der Waals surface area contributed by atoms with Crippen LogP contribution >= 0.6 is 15.9 Å². The lowest BCUT2D eigenvalue weighted by atomic mass is 10.1. The van der Waals surface area contributed by atoms with E-state index < -0.39 is 6.04 Å². The lowest BCUT2D eigenvalue weighted by Crippen LogP contribution is -2.43. The van der Waals surface area contributed by atoms with Crippen molar-refractivity contribution in [3.05, 3.63) is 28.2 Å². The van der Waals surface area contributed by atoms with Crippen molar-refractivity contribution in [3.63, 3.8) is 0 Å². The van der Waals surface area contributed by atoms with Crippen LogP contribution in [0.15, 0.2) is 22.7 Å². The zero-order valence-electron chi connectivity index (χ0n) is 10.4. The van der Waals surface area contributed by atoms with Crippen molar-refractivity contribution in [2.45, 2.75) is 13.0 Å². The molecule has 0 spiro atoms. The zero-order chi connectivity index (χ0) is 13.7. The zero-order valence-corrected chi connectivity index (χ0v) is 12.0. The lowest BCUT2D eigenvalue weighted by Gasteiger charge is -2.14. The molecule has 1 rings (SSSR count). The third kappa shape index (κ3) is 3.46. The number of carbonyl (C=O) groups excluding carboxylic acids is 2. The van der Waals surface area contributed by atoms with E-state index in [2.05, 4.69) is 26.6 Å². The summed E-state index contributed by atoms with van der Waals surface area (Å²) in [4.78, 5) is 23.3. The molecular formula is C12H15BrN2O3. The predicted molar refractivity (Wildman–Crippen MR) is 71.7 cm³/mol. The first kappa shape index (κ1) is 14.5. The van der Waals surface area contributed by atoms with Crippen LogP contribution in [0.3, 0.4) is 0 Å². The Morgan fingerprint density at radius 1 is 1.39 bits per heavy atom. The van der Waals surface area contributed by atoms with Crippen LogP contribution in [0.1, 0.15) is 17.3 Å². The average molecular weight is 315 g/mol. The molecule has 5 nitrogen and oxygen atoms in total. The van der Waals surface area contributed by atoms with Gasteiger partial charge in [-0.3, -0.25) is 9.59 Å². The minimum absolute atomic E-state index is 0.251. The summed E-state index contributed by atoms with van der Waals surface area (Å²) >= 11 is 3.30. The summed E-state index contributed by atoms with van der Waals surface area (Å²) in [6.45, 7) is 1.61. The summed E-state index contributed by atoms with van der Waals surface area (Å²) in [6, 6.07) is 4.46. The summed E-state index contributed by atoms with van der Waals surface area (Å²) < 4.78 is 5.94. The van der Waals surface area contributed by atoms with Crippen LogP contribution in [0.2, 0.25) is 0 Å². The molecule has 0 aliphatic rings. The van der Waals surface area contributed by atoms with Gasteiger partial charge in [-0.15, -0.1) is 0 Å². The van der Waals surface area contributed by atoms with Gasteiger partial charge in [0, 0.05) is 11.5 Å². The number of amides is 2. The SMILES string of the molecule is CNC(=O)C(C)NC(=O)c1ccc(Br)cc1OC. The van der Waals surface area contributed by atoms with Gasteiger partial charge in [0.1, 0.15) is 11.8 Å². The van der Waals surface area contributed by atoms with Crippen molar-refractivity contribution in [2.24, 2.45) is 0 Å². The van der Waals surface area contributed by atoms with Gasteiger partial charge in [-0.05, 0) is 25.1 Å². The standard InChI is InChI=1S/C12H15BrN2O3/c1-7(11(16)14-2)15-12(17)9-5-4-8(13)6-10(9)18-3/h4-7H,1-3H3,(H,14,16)(H,15,17). The van der Waals surface area contributed by atoms with Gasteiger partial charge in [0.2, 0.25) is 5.91 Å². The Kier molecular flexibility index (Phi) is 5.15. The Morgan fingerprint density at radius 3 is 2.61 bits per heavy atom. The van der Waals surface area contributed by atoms with Crippen LogP contribution in [0.4, 0.5) is 0 Å². The predicted octanol–water partition coefficient (Wildman–Crippen LogP) is 1.32. The third-order valence-corrected chi connectivity index (χ3v) is 2.89. The fraction of sp³-hybridized carbons (Fsp3) is 0.333. The number of hydrogen-bond donors (Lipinski definition) is 2. The van der Waals surface area contributed by atoms with Crippen LogP contribution < -0.4 is 15.4 Å². The van der Waals surface area contributed by atoms with Gasteiger partial charge in [0.15, 0.2) is 0 Å². The van der Waals surface area contributed by atoms with Gasteiger partial charge in [-0.2, -0.15) is 0 Å². The molecule has 0 saturated carbocycles. The maximum Gasteiger partial charge on any atom is 0.255 e. The molecule has 2 amide bonds.